The van der Waals surface area contributed by atoms with Gasteiger partial charge in [-0.25, -0.2) is 0 Å². The molecule has 130 valence electrons. The van der Waals surface area contributed by atoms with E-state index in [4.69, 9.17) is 4.74 Å². The van der Waals surface area contributed by atoms with E-state index in [1.165, 1.54) is 18.4 Å². The Morgan fingerprint density at radius 2 is 2.20 bits per heavy atom. The second-order valence-electron chi connectivity index (χ2n) is 8.67. The summed E-state index contributed by atoms with van der Waals surface area (Å²) < 4.78 is 5.30. The van der Waals surface area contributed by atoms with Gasteiger partial charge >= 0.3 is 5.97 Å². The van der Waals surface area contributed by atoms with E-state index in [2.05, 4.69) is 53.6 Å². The summed E-state index contributed by atoms with van der Waals surface area (Å²) in [7, 11) is 1.54. The highest BCUT2D eigenvalue weighted by Gasteiger charge is 2.85. The number of ether oxygens (including phenoxy) is 1. The van der Waals surface area contributed by atoms with Crippen molar-refractivity contribution in [3.05, 3.63) is 42.0 Å². The number of carbonyl (C=O) groups is 1. The fourth-order valence-electron chi connectivity index (χ4n) is 7.93. The van der Waals surface area contributed by atoms with E-state index in [1.54, 1.807) is 0 Å². The molecular weight excluding hydrogens is 312 g/mol. The molecule has 6 rings (SSSR count). The van der Waals surface area contributed by atoms with Crippen LogP contribution in [0.1, 0.15) is 25.3 Å². The number of benzene rings is 1. The zero-order valence-corrected chi connectivity index (χ0v) is 14.8. The third-order valence-electron chi connectivity index (χ3n) is 8.47. The fraction of sp³-hybridized carbons (Fsp3) is 0.571. The van der Waals surface area contributed by atoms with Gasteiger partial charge in [0.15, 0.2) is 0 Å². The van der Waals surface area contributed by atoms with Crippen LogP contribution in [0.3, 0.4) is 0 Å². The average Bonchev–Trinajstić information content (AvgIpc) is 3.29. The molecule has 3 fully saturated rings. The predicted molar refractivity (Wildman–Crippen MR) is 95.3 cm³/mol. The van der Waals surface area contributed by atoms with Crippen LogP contribution in [0.25, 0.3) is 0 Å². The Kier molecular flexibility index (Phi) is 2.37. The van der Waals surface area contributed by atoms with E-state index < -0.39 is 0 Å². The molecule has 1 aromatic carbocycles. The van der Waals surface area contributed by atoms with Crippen LogP contribution in [0.15, 0.2) is 36.4 Å². The Labute approximate surface area is 148 Å². The predicted octanol–water partition coefficient (Wildman–Crippen LogP) is 2.56. The van der Waals surface area contributed by atoms with E-state index in [1.807, 2.05) is 0 Å². The number of methoxy groups -OCH3 is 1. The third kappa shape index (κ3) is 1.19. The normalized spacial score (nSPS) is 48.0. The molecule has 1 saturated heterocycles. The first-order valence-corrected chi connectivity index (χ1v) is 9.49. The average molecular weight is 336 g/mol. The number of hydrogen-bond donors (Lipinski definition) is 1. The molecule has 0 aromatic heterocycles. The standard InChI is InChI=1S/C21H24N2O2/c1-13-19-8-5-10-23-11-9-20(18(19)23)14-6-3-4-7-16(14)22-21(13,20)15(12-19)17(24)25-2/h3-8,13,15,18,22H,9-12H2,1-2H3/t13-,15-,18+,19+,20-,21-/m1/s1. The lowest BCUT2D eigenvalue weighted by molar-refractivity contribution is -0.149. The van der Waals surface area contributed by atoms with E-state index in [0.29, 0.717) is 12.0 Å². The number of rotatable bonds is 1. The van der Waals surface area contributed by atoms with E-state index >= 15 is 0 Å². The van der Waals surface area contributed by atoms with E-state index in [0.717, 1.165) is 25.9 Å². The van der Waals surface area contributed by atoms with Crippen LogP contribution in [-0.2, 0) is 14.9 Å². The Balaban J connectivity index is 1.69. The number of anilines is 1. The SMILES string of the molecule is COC(=O)[C@H]1C[C@@]23C=CCN4CC[C@@]5(c6ccccc6N[C@]15[C@@H]2C)[C@@H]43. The number of fused-ring (bicyclic) bond motifs is 1. The Morgan fingerprint density at radius 1 is 1.36 bits per heavy atom. The summed E-state index contributed by atoms with van der Waals surface area (Å²) in [6.07, 6.45) is 6.83. The molecule has 1 N–H and O–H groups in total. The zero-order chi connectivity index (χ0) is 17.0. The Hall–Kier alpha value is -1.81. The van der Waals surface area contributed by atoms with Gasteiger partial charge in [0.25, 0.3) is 0 Å². The molecule has 5 aliphatic rings. The topological polar surface area (TPSA) is 41.6 Å². The molecule has 3 aliphatic heterocycles. The summed E-state index contributed by atoms with van der Waals surface area (Å²) >= 11 is 0. The molecule has 0 radical (unpaired) electrons. The number of hydrogen-bond acceptors (Lipinski definition) is 4. The lowest BCUT2D eigenvalue weighted by Crippen LogP contribution is -2.63. The number of nitrogens with one attached hydrogen (secondary N) is 1. The highest BCUT2D eigenvalue weighted by molar-refractivity contribution is 5.82. The highest BCUT2D eigenvalue weighted by Crippen LogP contribution is 2.78. The van der Waals surface area contributed by atoms with E-state index in [9.17, 15) is 4.79 Å². The molecular formula is C21H24N2O2. The van der Waals surface area contributed by atoms with Crippen molar-refractivity contribution in [3.8, 4) is 0 Å². The van der Waals surface area contributed by atoms with Gasteiger partial charge in [-0.1, -0.05) is 37.3 Å². The smallest absolute Gasteiger partial charge is 0.311 e. The third-order valence-corrected chi connectivity index (χ3v) is 8.47. The zero-order valence-electron chi connectivity index (χ0n) is 14.8. The van der Waals surface area contributed by atoms with Crippen LogP contribution in [-0.4, -0.2) is 42.6 Å². The molecule has 3 heterocycles. The maximum Gasteiger partial charge on any atom is 0.311 e. The largest absolute Gasteiger partial charge is 0.469 e. The van der Waals surface area contributed by atoms with Gasteiger partial charge in [0.05, 0.1) is 18.6 Å². The van der Waals surface area contributed by atoms with Crippen LogP contribution < -0.4 is 5.32 Å². The summed E-state index contributed by atoms with van der Waals surface area (Å²) in [6, 6.07) is 9.25. The molecule has 4 nitrogen and oxygen atoms in total. The van der Waals surface area contributed by atoms with Crippen LogP contribution in [0.2, 0.25) is 0 Å². The summed E-state index contributed by atoms with van der Waals surface area (Å²) in [5.74, 6) is 0.277. The van der Waals surface area contributed by atoms with Crippen molar-refractivity contribution in [2.45, 2.75) is 36.8 Å². The summed E-state index contributed by atoms with van der Waals surface area (Å²) in [6.45, 7) is 4.53. The Bertz CT molecular complexity index is 835. The van der Waals surface area contributed by atoms with Gasteiger partial charge in [-0.15, -0.1) is 0 Å². The Morgan fingerprint density at radius 3 is 3.04 bits per heavy atom. The lowest BCUT2D eigenvalue weighted by atomic mass is 9.57. The number of carbonyl (C=O) groups excluding carboxylic acids is 1. The molecule has 0 amide bonds. The minimum Gasteiger partial charge on any atom is -0.469 e. The molecule has 2 aliphatic carbocycles. The number of para-hydroxylation sites is 1. The van der Waals surface area contributed by atoms with Crippen molar-refractivity contribution in [3.63, 3.8) is 0 Å². The molecule has 2 saturated carbocycles. The molecule has 3 spiro atoms. The second-order valence-corrected chi connectivity index (χ2v) is 8.67. The first kappa shape index (κ1) is 14.4. The van der Waals surface area contributed by atoms with Gasteiger partial charge in [0.1, 0.15) is 0 Å². The second kappa shape index (κ2) is 4.12. The van der Waals surface area contributed by atoms with E-state index in [-0.39, 0.29) is 28.3 Å². The maximum atomic E-state index is 12.9. The number of nitrogens with zero attached hydrogens (tertiary/aromatic N) is 1. The molecule has 2 bridgehead atoms. The summed E-state index contributed by atoms with van der Waals surface area (Å²) in [5.41, 5.74) is 2.53. The van der Waals surface area contributed by atoms with Crippen molar-refractivity contribution in [2.75, 3.05) is 25.5 Å². The van der Waals surface area contributed by atoms with Gasteiger partial charge in [-0.2, -0.15) is 0 Å². The summed E-state index contributed by atoms with van der Waals surface area (Å²) in [4.78, 5) is 15.6. The number of esters is 1. The molecule has 1 aromatic rings. The van der Waals surface area contributed by atoms with Gasteiger partial charge in [0.2, 0.25) is 0 Å². The minimum atomic E-state index is -0.224. The van der Waals surface area contributed by atoms with Crippen LogP contribution in [0.4, 0.5) is 5.69 Å². The monoisotopic (exact) mass is 336 g/mol. The van der Waals surface area contributed by atoms with Gasteiger partial charge in [-0.05, 0) is 36.9 Å². The van der Waals surface area contributed by atoms with Crippen molar-refractivity contribution in [1.82, 2.24) is 4.90 Å². The first-order chi connectivity index (χ1) is 12.1. The summed E-state index contributed by atoms with van der Waals surface area (Å²) in [5, 5.41) is 3.92. The van der Waals surface area contributed by atoms with Crippen molar-refractivity contribution < 1.29 is 9.53 Å². The van der Waals surface area contributed by atoms with Crippen LogP contribution in [0.5, 0.6) is 0 Å². The highest BCUT2D eigenvalue weighted by atomic mass is 16.5. The fourth-order valence-corrected chi connectivity index (χ4v) is 7.93. The molecule has 6 atom stereocenters. The quantitative estimate of drug-likeness (QED) is 0.632. The van der Waals surface area contributed by atoms with Crippen LogP contribution in [0, 0.1) is 17.3 Å². The van der Waals surface area contributed by atoms with Gasteiger partial charge in [-0.3, -0.25) is 9.69 Å². The van der Waals surface area contributed by atoms with Crippen molar-refractivity contribution >= 4 is 11.7 Å². The molecule has 0 unspecified atom stereocenters. The maximum absolute atomic E-state index is 12.9. The molecule has 25 heavy (non-hydrogen) atoms. The lowest BCUT2D eigenvalue weighted by Gasteiger charge is -2.50. The van der Waals surface area contributed by atoms with Crippen LogP contribution >= 0.6 is 0 Å². The van der Waals surface area contributed by atoms with Crippen molar-refractivity contribution in [1.29, 1.82) is 0 Å². The molecule has 4 heteroatoms. The minimum absolute atomic E-state index is 0.0187. The van der Waals surface area contributed by atoms with Gasteiger partial charge in [0, 0.05) is 29.1 Å². The van der Waals surface area contributed by atoms with Gasteiger partial charge < -0.3 is 10.1 Å². The first-order valence-electron chi connectivity index (χ1n) is 9.49. The van der Waals surface area contributed by atoms with Crippen molar-refractivity contribution in [2.24, 2.45) is 17.3 Å².